The van der Waals surface area contributed by atoms with Gasteiger partial charge in [-0.1, -0.05) is 12.1 Å². The van der Waals surface area contributed by atoms with Crippen LogP contribution in [0.4, 0.5) is 13.2 Å². The Balaban J connectivity index is 1.63. The molecular formula is C21H18F3N3O6. The number of hydrogen-bond donors (Lipinski definition) is 3. The number of rotatable bonds is 7. The van der Waals surface area contributed by atoms with Gasteiger partial charge in [0.1, 0.15) is 23.6 Å². The molecule has 2 heterocycles. The third-order valence-corrected chi connectivity index (χ3v) is 4.62. The second kappa shape index (κ2) is 9.59. The number of aliphatic carboxylic acids is 1. The number of carboxylic acid groups (broad SMARTS) is 1. The molecule has 0 radical (unpaired) electrons. The van der Waals surface area contributed by atoms with Crippen molar-refractivity contribution in [3.63, 3.8) is 0 Å². The molecule has 0 saturated heterocycles. The number of aromatic nitrogens is 1. The Morgan fingerprint density at radius 2 is 1.85 bits per heavy atom. The Labute approximate surface area is 185 Å². The van der Waals surface area contributed by atoms with Crippen molar-refractivity contribution < 1.29 is 42.5 Å². The van der Waals surface area contributed by atoms with Crippen LogP contribution in [0.15, 0.2) is 53.9 Å². The van der Waals surface area contributed by atoms with Crippen LogP contribution in [0.2, 0.25) is 0 Å². The summed E-state index contributed by atoms with van der Waals surface area (Å²) in [5.41, 5.74) is -0.744. The summed E-state index contributed by atoms with van der Waals surface area (Å²) in [7, 11) is 0. The monoisotopic (exact) mass is 465 g/mol. The quantitative estimate of drug-likeness (QED) is 0.536. The topological polar surface area (TPSA) is 129 Å². The number of nitrogens with one attached hydrogen (secondary N) is 1. The summed E-state index contributed by atoms with van der Waals surface area (Å²) in [5.74, 6) is -3.14. The maximum absolute atomic E-state index is 12.6. The van der Waals surface area contributed by atoms with Gasteiger partial charge in [0.15, 0.2) is 0 Å². The van der Waals surface area contributed by atoms with Crippen molar-refractivity contribution >= 4 is 17.8 Å². The lowest BCUT2D eigenvalue weighted by molar-refractivity contribution is -0.138. The average Bonchev–Trinajstić information content (AvgIpc) is 2.75. The zero-order chi connectivity index (χ0) is 24.2. The number of carboxylic acids is 1. The van der Waals surface area contributed by atoms with Gasteiger partial charge in [0.25, 0.3) is 11.8 Å². The number of carbonyl (C=O) groups excluding carboxylic acids is 2. The number of aliphatic hydroxyl groups excluding tert-OH is 1. The Kier molecular flexibility index (Phi) is 6.85. The van der Waals surface area contributed by atoms with Crippen LogP contribution in [-0.2, 0) is 27.1 Å². The maximum Gasteiger partial charge on any atom is 0.417 e. The number of benzene rings is 1. The summed E-state index contributed by atoms with van der Waals surface area (Å²) in [6.07, 6.45) is -3.80. The Morgan fingerprint density at radius 3 is 2.42 bits per heavy atom. The van der Waals surface area contributed by atoms with Crippen molar-refractivity contribution in [3.8, 4) is 11.6 Å². The van der Waals surface area contributed by atoms with E-state index in [0.29, 0.717) is 17.5 Å². The lowest BCUT2D eigenvalue weighted by Gasteiger charge is -2.28. The van der Waals surface area contributed by atoms with Crippen LogP contribution in [0.1, 0.15) is 17.5 Å². The molecular weight excluding hydrogens is 447 g/mol. The third-order valence-electron chi connectivity index (χ3n) is 4.62. The highest BCUT2D eigenvalue weighted by Gasteiger charge is 2.32. The first-order valence-electron chi connectivity index (χ1n) is 9.56. The molecule has 12 heteroatoms. The number of ether oxygens (including phenoxy) is 1. The molecule has 1 aromatic heterocycles. The van der Waals surface area contributed by atoms with Crippen molar-refractivity contribution in [1.82, 2.24) is 15.2 Å². The molecule has 0 unspecified atom stereocenters. The van der Waals surface area contributed by atoms with Gasteiger partial charge in [-0.3, -0.25) is 14.4 Å². The molecule has 2 aromatic rings. The van der Waals surface area contributed by atoms with Crippen LogP contribution < -0.4 is 10.1 Å². The van der Waals surface area contributed by atoms with Gasteiger partial charge in [0.2, 0.25) is 5.88 Å². The standard InChI is InChI=1S/C21H18F3N3O6/c22-21(23,24)13-3-6-16(25-9-13)33-14-4-1-12(2-5-14)11-27-8-7-15(28)18(20(27)32)19(31)26-10-17(29)30/h1-6,9,28H,7-8,10-11H2,(H,26,31)(H,29,30). The summed E-state index contributed by atoms with van der Waals surface area (Å²) in [6.45, 7) is -0.452. The molecule has 0 saturated carbocycles. The summed E-state index contributed by atoms with van der Waals surface area (Å²) < 4.78 is 43.2. The number of alkyl halides is 3. The minimum absolute atomic E-state index is 0.0282. The molecule has 3 N–H and O–H groups in total. The Morgan fingerprint density at radius 1 is 1.15 bits per heavy atom. The van der Waals surface area contributed by atoms with Crippen molar-refractivity contribution in [1.29, 1.82) is 0 Å². The van der Waals surface area contributed by atoms with Gasteiger partial charge in [0.05, 0.1) is 5.56 Å². The maximum atomic E-state index is 12.6. The molecule has 0 bridgehead atoms. The van der Waals surface area contributed by atoms with Gasteiger partial charge in [0, 0.05) is 31.8 Å². The van der Waals surface area contributed by atoms with Gasteiger partial charge in [-0.15, -0.1) is 0 Å². The SMILES string of the molecule is O=C(O)CNC(=O)C1=C(O)CCN(Cc2ccc(Oc3ccc(C(F)(F)F)cn3)cc2)C1=O. The van der Waals surface area contributed by atoms with Crippen LogP contribution in [0.25, 0.3) is 0 Å². The molecule has 3 rings (SSSR count). The predicted molar refractivity (Wildman–Crippen MR) is 106 cm³/mol. The largest absolute Gasteiger partial charge is 0.511 e. The zero-order valence-corrected chi connectivity index (χ0v) is 16.9. The molecule has 1 aliphatic heterocycles. The second-order valence-corrected chi connectivity index (χ2v) is 7.00. The molecule has 1 aromatic carbocycles. The van der Waals surface area contributed by atoms with Crippen molar-refractivity contribution in [2.45, 2.75) is 19.1 Å². The number of hydrogen-bond acceptors (Lipinski definition) is 6. The number of amides is 2. The van der Waals surface area contributed by atoms with Crippen molar-refractivity contribution in [2.75, 3.05) is 13.1 Å². The average molecular weight is 465 g/mol. The normalized spacial score (nSPS) is 14.3. The molecule has 174 valence electrons. The molecule has 0 spiro atoms. The van der Waals surface area contributed by atoms with Crippen LogP contribution in [0.3, 0.4) is 0 Å². The molecule has 1 aliphatic rings. The molecule has 0 aliphatic carbocycles. The lowest BCUT2D eigenvalue weighted by Crippen LogP contribution is -2.43. The van der Waals surface area contributed by atoms with Gasteiger partial charge >= 0.3 is 12.1 Å². The first-order valence-corrected chi connectivity index (χ1v) is 9.56. The van der Waals surface area contributed by atoms with Gasteiger partial charge < -0.3 is 25.2 Å². The number of carbonyl (C=O) groups is 3. The smallest absolute Gasteiger partial charge is 0.417 e. The van der Waals surface area contributed by atoms with E-state index in [1.54, 1.807) is 12.1 Å². The highest BCUT2D eigenvalue weighted by molar-refractivity contribution is 6.19. The lowest BCUT2D eigenvalue weighted by atomic mass is 10.0. The highest BCUT2D eigenvalue weighted by atomic mass is 19.4. The Hall–Kier alpha value is -4.09. The summed E-state index contributed by atoms with van der Waals surface area (Å²) in [4.78, 5) is 40.3. The Bertz CT molecular complexity index is 1080. The first-order chi connectivity index (χ1) is 15.5. The van der Waals surface area contributed by atoms with E-state index in [-0.39, 0.29) is 25.4 Å². The van der Waals surface area contributed by atoms with Gasteiger partial charge in [-0.25, -0.2) is 4.98 Å². The van der Waals surface area contributed by atoms with Crippen LogP contribution in [0.5, 0.6) is 11.6 Å². The van der Waals surface area contributed by atoms with E-state index < -0.39 is 47.4 Å². The molecule has 2 amide bonds. The summed E-state index contributed by atoms with van der Waals surface area (Å²) in [6, 6.07) is 8.27. The van der Waals surface area contributed by atoms with E-state index in [0.717, 1.165) is 12.1 Å². The summed E-state index contributed by atoms with van der Waals surface area (Å²) >= 11 is 0. The van der Waals surface area contributed by atoms with E-state index in [1.165, 1.54) is 17.0 Å². The fraction of sp³-hybridized carbons (Fsp3) is 0.238. The number of aliphatic hydroxyl groups is 1. The van der Waals surface area contributed by atoms with E-state index in [2.05, 4.69) is 10.3 Å². The summed E-state index contributed by atoms with van der Waals surface area (Å²) in [5, 5.41) is 20.6. The van der Waals surface area contributed by atoms with Crippen LogP contribution in [-0.4, -0.2) is 51.0 Å². The van der Waals surface area contributed by atoms with Crippen molar-refractivity contribution in [2.24, 2.45) is 0 Å². The first kappa shape index (κ1) is 23.6. The fourth-order valence-corrected chi connectivity index (χ4v) is 2.98. The molecule has 0 fully saturated rings. The predicted octanol–water partition coefficient (Wildman–Crippen LogP) is 2.64. The van der Waals surface area contributed by atoms with E-state index in [1.807, 2.05) is 0 Å². The zero-order valence-electron chi connectivity index (χ0n) is 16.9. The van der Waals surface area contributed by atoms with Gasteiger partial charge in [-0.2, -0.15) is 13.2 Å². The second-order valence-electron chi connectivity index (χ2n) is 7.00. The minimum Gasteiger partial charge on any atom is -0.511 e. The number of nitrogens with zero attached hydrogens (tertiary/aromatic N) is 2. The van der Waals surface area contributed by atoms with Crippen LogP contribution >= 0.6 is 0 Å². The van der Waals surface area contributed by atoms with Crippen molar-refractivity contribution in [3.05, 3.63) is 65.1 Å². The fourth-order valence-electron chi connectivity index (χ4n) is 2.98. The van der Waals surface area contributed by atoms with E-state index >= 15 is 0 Å². The number of pyridine rings is 1. The molecule has 33 heavy (non-hydrogen) atoms. The van der Waals surface area contributed by atoms with E-state index in [4.69, 9.17) is 9.84 Å². The van der Waals surface area contributed by atoms with E-state index in [9.17, 15) is 32.7 Å². The number of halogens is 3. The molecule has 9 nitrogen and oxygen atoms in total. The third kappa shape index (κ3) is 5.99. The molecule has 0 atom stereocenters. The minimum atomic E-state index is -4.50. The van der Waals surface area contributed by atoms with Crippen LogP contribution in [0, 0.1) is 0 Å². The van der Waals surface area contributed by atoms with Gasteiger partial charge in [-0.05, 0) is 23.8 Å². The highest BCUT2D eigenvalue weighted by Crippen LogP contribution is 2.30.